The molecule has 0 unspecified atom stereocenters. The fraction of sp³-hybridized carbons (Fsp3) is 0.333. The molecule has 0 aliphatic rings. The molecular formula is C15H18N2. The first-order chi connectivity index (χ1) is 8.00. The maximum Gasteiger partial charge on any atom is 0.0887 e. The lowest BCUT2D eigenvalue weighted by Gasteiger charge is -2.23. The Balaban J connectivity index is 2.58. The number of benzene rings is 1. The molecule has 0 fully saturated rings. The van der Waals surface area contributed by atoms with E-state index in [2.05, 4.69) is 55.9 Å². The molecule has 88 valence electrons. The first-order valence-corrected chi connectivity index (χ1v) is 5.86. The van der Waals surface area contributed by atoms with Gasteiger partial charge in [-0.1, -0.05) is 39.0 Å². The molecule has 0 saturated heterocycles. The summed E-state index contributed by atoms with van der Waals surface area (Å²) in [6, 6.07) is 6.39. The van der Waals surface area contributed by atoms with Crippen molar-refractivity contribution in [3.8, 4) is 11.3 Å². The zero-order valence-corrected chi connectivity index (χ0v) is 10.9. The number of aromatic nitrogens is 2. The summed E-state index contributed by atoms with van der Waals surface area (Å²) in [5.74, 6) is 0. The average Bonchev–Trinajstić information content (AvgIpc) is 2.29. The van der Waals surface area contributed by atoms with Crippen molar-refractivity contribution in [2.75, 3.05) is 0 Å². The quantitative estimate of drug-likeness (QED) is 0.740. The van der Waals surface area contributed by atoms with E-state index in [4.69, 9.17) is 0 Å². The molecule has 0 aliphatic carbocycles. The van der Waals surface area contributed by atoms with Crippen LogP contribution in [0.25, 0.3) is 11.3 Å². The third kappa shape index (κ3) is 2.36. The third-order valence-corrected chi connectivity index (χ3v) is 2.98. The molecule has 2 heteroatoms. The summed E-state index contributed by atoms with van der Waals surface area (Å²) in [4.78, 5) is 8.50. The Labute approximate surface area is 103 Å². The highest BCUT2D eigenvalue weighted by molar-refractivity contribution is 5.64. The van der Waals surface area contributed by atoms with Crippen molar-refractivity contribution in [3.63, 3.8) is 0 Å². The molecular weight excluding hydrogens is 208 g/mol. The monoisotopic (exact) mass is 226 g/mol. The summed E-state index contributed by atoms with van der Waals surface area (Å²) in [5.41, 5.74) is 4.92. The predicted molar refractivity (Wildman–Crippen MR) is 70.9 cm³/mol. The Morgan fingerprint density at radius 1 is 1.06 bits per heavy atom. The lowest BCUT2D eigenvalue weighted by molar-refractivity contribution is 0.586. The number of nitrogens with zero attached hydrogens (tertiary/aromatic N) is 2. The summed E-state index contributed by atoms with van der Waals surface area (Å²) in [5, 5.41) is 0. The van der Waals surface area contributed by atoms with E-state index in [-0.39, 0.29) is 5.41 Å². The van der Waals surface area contributed by atoms with Crippen molar-refractivity contribution in [2.45, 2.75) is 33.1 Å². The van der Waals surface area contributed by atoms with Gasteiger partial charge in [0.1, 0.15) is 0 Å². The summed E-state index contributed by atoms with van der Waals surface area (Å²) in [7, 11) is 0. The van der Waals surface area contributed by atoms with Crippen molar-refractivity contribution in [1.29, 1.82) is 0 Å². The minimum atomic E-state index is 0.155. The molecule has 2 nitrogen and oxygen atoms in total. The van der Waals surface area contributed by atoms with E-state index in [1.54, 1.807) is 12.4 Å². The molecule has 2 aromatic rings. The van der Waals surface area contributed by atoms with E-state index < -0.39 is 0 Å². The molecule has 0 N–H and O–H groups in total. The van der Waals surface area contributed by atoms with Crippen LogP contribution in [0.15, 0.2) is 36.8 Å². The van der Waals surface area contributed by atoms with Gasteiger partial charge in [-0.2, -0.15) is 0 Å². The zero-order valence-electron chi connectivity index (χ0n) is 10.9. The van der Waals surface area contributed by atoms with E-state index in [1.165, 1.54) is 16.7 Å². The SMILES string of the molecule is Cc1c(-c2cnccn2)cccc1C(C)(C)C. The molecule has 0 spiro atoms. The Morgan fingerprint density at radius 3 is 2.41 bits per heavy atom. The van der Waals surface area contributed by atoms with E-state index in [1.807, 2.05) is 6.20 Å². The smallest absolute Gasteiger partial charge is 0.0887 e. The van der Waals surface area contributed by atoms with Gasteiger partial charge < -0.3 is 0 Å². The van der Waals surface area contributed by atoms with Gasteiger partial charge in [-0.15, -0.1) is 0 Å². The Kier molecular flexibility index (Phi) is 2.97. The minimum Gasteiger partial charge on any atom is -0.261 e. The number of hydrogen-bond donors (Lipinski definition) is 0. The third-order valence-electron chi connectivity index (χ3n) is 2.98. The molecule has 17 heavy (non-hydrogen) atoms. The second-order valence-corrected chi connectivity index (χ2v) is 5.32. The van der Waals surface area contributed by atoms with Crippen LogP contribution in [0.3, 0.4) is 0 Å². The van der Waals surface area contributed by atoms with Gasteiger partial charge in [-0.25, -0.2) is 0 Å². The summed E-state index contributed by atoms with van der Waals surface area (Å²) in [6.07, 6.45) is 5.25. The molecule has 1 aromatic carbocycles. The van der Waals surface area contributed by atoms with Crippen molar-refractivity contribution < 1.29 is 0 Å². The normalized spacial score (nSPS) is 11.5. The molecule has 0 atom stereocenters. The van der Waals surface area contributed by atoms with Crippen LogP contribution in [0, 0.1) is 6.92 Å². The highest BCUT2D eigenvalue weighted by Crippen LogP contribution is 2.31. The maximum absolute atomic E-state index is 4.37. The highest BCUT2D eigenvalue weighted by atomic mass is 14.8. The van der Waals surface area contributed by atoms with E-state index in [0.717, 1.165) is 5.69 Å². The summed E-state index contributed by atoms with van der Waals surface area (Å²) >= 11 is 0. The molecule has 0 aliphatic heterocycles. The zero-order chi connectivity index (χ0) is 12.5. The Morgan fingerprint density at radius 2 is 1.82 bits per heavy atom. The van der Waals surface area contributed by atoms with E-state index >= 15 is 0 Å². The second-order valence-electron chi connectivity index (χ2n) is 5.32. The Bertz CT molecular complexity index is 510. The van der Waals surface area contributed by atoms with Crippen LogP contribution in [0.2, 0.25) is 0 Å². The summed E-state index contributed by atoms with van der Waals surface area (Å²) < 4.78 is 0. The maximum atomic E-state index is 4.37. The van der Waals surface area contributed by atoms with Crippen LogP contribution in [0.1, 0.15) is 31.9 Å². The van der Waals surface area contributed by atoms with Crippen LogP contribution in [0.4, 0.5) is 0 Å². The molecule has 1 aromatic heterocycles. The van der Waals surface area contributed by atoms with E-state index in [0.29, 0.717) is 0 Å². The van der Waals surface area contributed by atoms with Crippen LogP contribution >= 0.6 is 0 Å². The number of hydrogen-bond acceptors (Lipinski definition) is 2. The van der Waals surface area contributed by atoms with Crippen LogP contribution in [-0.4, -0.2) is 9.97 Å². The van der Waals surface area contributed by atoms with Gasteiger partial charge in [-0.05, 0) is 23.5 Å². The van der Waals surface area contributed by atoms with Gasteiger partial charge in [-0.3, -0.25) is 9.97 Å². The van der Waals surface area contributed by atoms with Gasteiger partial charge in [0.15, 0.2) is 0 Å². The fourth-order valence-corrected chi connectivity index (χ4v) is 2.16. The largest absolute Gasteiger partial charge is 0.261 e. The number of rotatable bonds is 1. The fourth-order valence-electron chi connectivity index (χ4n) is 2.16. The molecule has 0 amide bonds. The van der Waals surface area contributed by atoms with Crippen LogP contribution in [0.5, 0.6) is 0 Å². The van der Waals surface area contributed by atoms with Crippen molar-refractivity contribution >= 4 is 0 Å². The summed E-state index contributed by atoms with van der Waals surface area (Å²) in [6.45, 7) is 8.85. The molecule has 2 rings (SSSR count). The average molecular weight is 226 g/mol. The van der Waals surface area contributed by atoms with Crippen LogP contribution in [-0.2, 0) is 5.41 Å². The first kappa shape index (κ1) is 11.8. The van der Waals surface area contributed by atoms with Crippen molar-refractivity contribution in [1.82, 2.24) is 9.97 Å². The highest BCUT2D eigenvalue weighted by Gasteiger charge is 2.18. The Hall–Kier alpha value is -1.70. The van der Waals surface area contributed by atoms with Crippen molar-refractivity contribution in [2.24, 2.45) is 0 Å². The molecule has 0 saturated carbocycles. The van der Waals surface area contributed by atoms with Gasteiger partial charge in [0.25, 0.3) is 0 Å². The van der Waals surface area contributed by atoms with Crippen molar-refractivity contribution in [3.05, 3.63) is 47.9 Å². The van der Waals surface area contributed by atoms with Gasteiger partial charge >= 0.3 is 0 Å². The van der Waals surface area contributed by atoms with Crippen LogP contribution < -0.4 is 0 Å². The standard InChI is InChI=1S/C15H18N2/c1-11-12(14-10-16-8-9-17-14)6-5-7-13(11)15(2,3)4/h5-10H,1-4H3. The van der Waals surface area contributed by atoms with E-state index in [9.17, 15) is 0 Å². The second kappa shape index (κ2) is 4.28. The molecule has 1 heterocycles. The predicted octanol–water partition coefficient (Wildman–Crippen LogP) is 3.75. The first-order valence-electron chi connectivity index (χ1n) is 5.86. The van der Waals surface area contributed by atoms with Gasteiger partial charge in [0.2, 0.25) is 0 Å². The lowest BCUT2D eigenvalue weighted by Crippen LogP contribution is -2.13. The minimum absolute atomic E-state index is 0.155. The molecule has 0 radical (unpaired) electrons. The lowest BCUT2D eigenvalue weighted by atomic mass is 9.82. The molecule has 0 bridgehead atoms. The van der Waals surface area contributed by atoms with Gasteiger partial charge in [0.05, 0.1) is 11.9 Å². The van der Waals surface area contributed by atoms with Gasteiger partial charge in [0, 0.05) is 18.0 Å². The topological polar surface area (TPSA) is 25.8 Å².